The fourth-order valence-electron chi connectivity index (χ4n) is 2.24. The van der Waals surface area contributed by atoms with E-state index in [2.05, 4.69) is 0 Å². The smallest absolute Gasteiger partial charge is 0.345 e. The van der Waals surface area contributed by atoms with Crippen molar-refractivity contribution in [2.75, 3.05) is 14.2 Å². The molecule has 0 amide bonds. The van der Waals surface area contributed by atoms with Crippen LogP contribution >= 0.6 is 0 Å². The van der Waals surface area contributed by atoms with Gasteiger partial charge in [-0.3, -0.25) is 0 Å². The second-order valence-electron chi connectivity index (χ2n) is 5.09. The van der Waals surface area contributed by atoms with Crippen LogP contribution in [0.5, 0.6) is 17.2 Å². The maximum absolute atomic E-state index is 11.6. The van der Waals surface area contributed by atoms with Crippen LogP contribution in [0, 0.1) is 6.92 Å². The normalized spacial score (nSPS) is 11.6. The number of hydrogen-bond acceptors (Lipinski definition) is 4. The Morgan fingerprint density at radius 2 is 1.83 bits per heavy atom. The third-order valence-electron chi connectivity index (χ3n) is 3.54. The first-order valence-electron chi connectivity index (χ1n) is 7.21. The molecule has 0 bridgehead atoms. The fourth-order valence-corrected chi connectivity index (χ4v) is 2.24. The maximum atomic E-state index is 11.6. The molecule has 2 aromatic rings. The molecule has 1 unspecified atom stereocenters. The number of para-hydroxylation sites is 1. The van der Waals surface area contributed by atoms with Gasteiger partial charge in [0.1, 0.15) is 17.2 Å². The number of rotatable bonds is 7. The van der Waals surface area contributed by atoms with Gasteiger partial charge in [0.15, 0.2) is 6.10 Å². The van der Waals surface area contributed by atoms with E-state index in [0.29, 0.717) is 17.2 Å². The topological polar surface area (TPSA) is 65.0 Å². The average molecular weight is 316 g/mol. The van der Waals surface area contributed by atoms with Crippen LogP contribution in [-0.2, 0) is 11.2 Å². The van der Waals surface area contributed by atoms with Gasteiger partial charge in [0.25, 0.3) is 0 Å². The Kier molecular flexibility index (Phi) is 5.46. The van der Waals surface area contributed by atoms with Crippen LogP contribution in [0.3, 0.4) is 0 Å². The van der Waals surface area contributed by atoms with Crippen molar-refractivity contribution in [3.05, 3.63) is 53.6 Å². The molecular formula is C18H20O5. The minimum absolute atomic E-state index is 0.191. The van der Waals surface area contributed by atoms with Gasteiger partial charge in [0.05, 0.1) is 14.2 Å². The summed E-state index contributed by atoms with van der Waals surface area (Å²) in [7, 11) is 3.10. The molecule has 0 fully saturated rings. The van der Waals surface area contributed by atoms with Gasteiger partial charge in [-0.15, -0.1) is 0 Å². The Hall–Kier alpha value is -2.69. The van der Waals surface area contributed by atoms with Gasteiger partial charge in [-0.25, -0.2) is 4.79 Å². The second kappa shape index (κ2) is 7.54. The molecule has 0 aliphatic rings. The number of benzene rings is 2. The minimum Gasteiger partial charge on any atom is -0.497 e. The summed E-state index contributed by atoms with van der Waals surface area (Å²) in [4.78, 5) is 11.6. The molecule has 1 N–H and O–H groups in total. The highest BCUT2D eigenvalue weighted by Crippen LogP contribution is 2.27. The number of hydrogen-bond donors (Lipinski definition) is 1. The molecule has 0 aliphatic heterocycles. The quantitative estimate of drug-likeness (QED) is 0.850. The van der Waals surface area contributed by atoms with E-state index >= 15 is 0 Å². The van der Waals surface area contributed by atoms with Gasteiger partial charge < -0.3 is 19.3 Å². The van der Waals surface area contributed by atoms with Gasteiger partial charge in [-0.2, -0.15) is 0 Å². The van der Waals surface area contributed by atoms with Crippen molar-refractivity contribution in [2.24, 2.45) is 0 Å². The lowest BCUT2D eigenvalue weighted by Gasteiger charge is -2.18. The number of carboxylic acid groups (broad SMARTS) is 1. The van der Waals surface area contributed by atoms with Crippen LogP contribution in [0.15, 0.2) is 42.5 Å². The average Bonchev–Trinajstić information content (AvgIpc) is 2.56. The highest BCUT2D eigenvalue weighted by molar-refractivity contribution is 5.73. The summed E-state index contributed by atoms with van der Waals surface area (Å²) in [6, 6.07) is 12.6. The Bertz CT molecular complexity index is 681. The van der Waals surface area contributed by atoms with Crippen molar-refractivity contribution < 1.29 is 24.1 Å². The summed E-state index contributed by atoms with van der Waals surface area (Å²) in [5, 5.41) is 9.46. The monoisotopic (exact) mass is 316 g/mol. The lowest BCUT2D eigenvalue weighted by atomic mass is 10.1. The van der Waals surface area contributed by atoms with E-state index in [9.17, 15) is 9.90 Å². The highest BCUT2D eigenvalue weighted by atomic mass is 16.5. The number of carbonyl (C=O) groups is 1. The number of aryl methyl sites for hydroxylation is 1. The first kappa shape index (κ1) is 16.7. The van der Waals surface area contributed by atoms with E-state index in [1.807, 2.05) is 25.1 Å². The molecule has 0 radical (unpaired) electrons. The second-order valence-corrected chi connectivity index (χ2v) is 5.09. The van der Waals surface area contributed by atoms with E-state index < -0.39 is 12.1 Å². The number of methoxy groups -OCH3 is 2. The molecule has 0 spiro atoms. The summed E-state index contributed by atoms with van der Waals surface area (Å²) in [6.07, 6.45) is -0.810. The Labute approximate surface area is 135 Å². The molecule has 122 valence electrons. The lowest BCUT2D eigenvalue weighted by molar-refractivity contribution is -0.145. The van der Waals surface area contributed by atoms with E-state index in [-0.39, 0.29) is 6.42 Å². The van der Waals surface area contributed by atoms with Crippen LogP contribution < -0.4 is 14.2 Å². The zero-order valence-corrected chi connectivity index (χ0v) is 13.4. The molecule has 5 heteroatoms. The van der Waals surface area contributed by atoms with Gasteiger partial charge in [-0.05, 0) is 30.2 Å². The number of carboxylic acids is 1. The molecule has 5 nitrogen and oxygen atoms in total. The van der Waals surface area contributed by atoms with Crippen LogP contribution in [0.25, 0.3) is 0 Å². The molecule has 0 saturated heterocycles. The molecule has 1 atom stereocenters. The minimum atomic E-state index is -1.02. The van der Waals surface area contributed by atoms with Gasteiger partial charge in [0, 0.05) is 12.5 Å². The van der Waals surface area contributed by atoms with Crippen molar-refractivity contribution in [1.82, 2.24) is 0 Å². The highest BCUT2D eigenvalue weighted by Gasteiger charge is 2.22. The van der Waals surface area contributed by atoms with Crippen molar-refractivity contribution in [2.45, 2.75) is 19.4 Å². The van der Waals surface area contributed by atoms with Crippen molar-refractivity contribution in [3.8, 4) is 17.2 Å². The summed E-state index contributed by atoms with van der Waals surface area (Å²) in [5.74, 6) is 0.764. The third-order valence-corrected chi connectivity index (χ3v) is 3.54. The zero-order chi connectivity index (χ0) is 16.8. The predicted molar refractivity (Wildman–Crippen MR) is 86.5 cm³/mol. The maximum Gasteiger partial charge on any atom is 0.345 e. The summed E-state index contributed by atoms with van der Waals surface area (Å²) in [5.41, 5.74) is 1.63. The van der Waals surface area contributed by atoms with Crippen molar-refractivity contribution in [3.63, 3.8) is 0 Å². The first-order chi connectivity index (χ1) is 11.0. The van der Waals surface area contributed by atoms with Crippen LogP contribution in [0.2, 0.25) is 0 Å². The van der Waals surface area contributed by atoms with Gasteiger partial charge in [0.2, 0.25) is 0 Å². The molecule has 2 aromatic carbocycles. The SMILES string of the molecule is COc1ccc(CC(Oc2ccccc2C)C(=O)O)c(OC)c1. The molecule has 0 saturated carbocycles. The van der Waals surface area contributed by atoms with Crippen molar-refractivity contribution >= 4 is 5.97 Å². The van der Waals surface area contributed by atoms with Gasteiger partial charge >= 0.3 is 5.97 Å². The molecule has 2 rings (SSSR count). The van der Waals surface area contributed by atoms with E-state index in [0.717, 1.165) is 11.1 Å². The van der Waals surface area contributed by atoms with Crippen molar-refractivity contribution in [1.29, 1.82) is 0 Å². The third kappa shape index (κ3) is 4.16. The van der Waals surface area contributed by atoms with E-state index in [1.54, 1.807) is 31.4 Å². The summed E-state index contributed by atoms with van der Waals surface area (Å²) < 4.78 is 16.1. The number of aliphatic carboxylic acids is 1. The van der Waals surface area contributed by atoms with E-state index in [1.165, 1.54) is 7.11 Å². The molecule has 23 heavy (non-hydrogen) atoms. The zero-order valence-electron chi connectivity index (χ0n) is 13.4. The van der Waals surface area contributed by atoms with Crippen LogP contribution in [-0.4, -0.2) is 31.4 Å². The van der Waals surface area contributed by atoms with E-state index in [4.69, 9.17) is 14.2 Å². The standard InChI is InChI=1S/C18H20O5/c1-12-6-4-5-7-15(12)23-17(18(19)20)10-13-8-9-14(21-2)11-16(13)22-3/h4-9,11,17H,10H2,1-3H3,(H,19,20). The van der Waals surface area contributed by atoms with Crippen LogP contribution in [0.4, 0.5) is 0 Å². The Morgan fingerprint density at radius 3 is 2.43 bits per heavy atom. The fraction of sp³-hybridized carbons (Fsp3) is 0.278. The number of ether oxygens (including phenoxy) is 3. The summed E-state index contributed by atoms with van der Waals surface area (Å²) in [6.45, 7) is 1.88. The first-order valence-corrected chi connectivity index (χ1v) is 7.21. The molecule has 0 aliphatic carbocycles. The predicted octanol–water partition coefficient (Wildman–Crippen LogP) is 3.09. The molecular weight excluding hydrogens is 296 g/mol. The van der Waals surface area contributed by atoms with Gasteiger partial charge in [-0.1, -0.05) is 24.3 Å². The largest absolute Gasteiger partial charge is 0.497 e. The lowest BCUT2D eigenvalue weighted by Crippen LogP contribution is -2.29. The van der Waals surface area contributed by atoms with Crippen LogP contribution in [0.1, 0.15) is 11.1 Å². The summed E-state index contributed by atoms with van der Waals surface area (Å²) >= 11 is 0. The molecule has 0 aromatic heterocycles. The molecule has 0 heterocycles. The Morgan fingerprint density at radius 1 is 1.09 bits per heavy atom. The Balaban J connectivity index is 2.23.